The zero-order valence-electron chi connectivity index (χ0n) is 15.1. The van der Waals surface area contributed by atoms with Crippen molar-refractivity contribution in [3.63, 3.8) is 0 Å². The number of benzene rings is 2. The number of carbonyl (C=O) groups is 1. The lowest BCUT2D eigenvalue weighted by Gasteiger charge is -2.22. The highest BCUT2D eigenvalue weighted by atomic mass is 32.2. The highest BCUT2D eigenvalue weighted by Crippen LogP contribution is 2.35. The SMILES string of the molecule is CS(=O)(=O)N(CCNC(=O)CCc1ccccc1)c1ccc2c(c1)OCO2. The fraction of sp³-hybridized carbons (Fsp3) is 0.316. The molecule has 0 saturated heterocycles. The molecule has 27 heavy (non-hydrogen) atoms. The maximum Gasteiger partial charge on any atom is 0.232 e. The molecule has 144 valence electrons. The van der Waals surface area contributed by atoms with Gasteiger partial charge in [0.2, 0.25) is 22.7 Å². The zero-order valence-corrected chi connectivity index (χ0v) is 15.9. The first-order valence-corrected chi connectivity index (χ1v) is 10.5. The number of rotatable bonds is 8. The Morgan fingerprint density at radius 3 is 2.59 bits per heavy atom. The fourth-order valence-electron chi connectivity index (χ4n) is 2.81. The van der Waals surface area contributed by atoms with Crippen LogP contribution in [0.1, 0.15) is 12.0 Å². The van der Waals surface area contributed by atoms with E-state index in [1.165, 1.54) is 4.31 Å². The second kappa shape index (κ2) is 8.30. The maximum atomic E-state index is 12.2. The van der Waals surface area contributed by atoms with E-state index >= 15 is 0 Å². The molecule has 1 aliphatic heterocycles. The largest absolute Gasteiger partial charge is 0.454 e. The average molecular weight is 390 g/mol. The second-order valence-electron chi connectivity index (χ2n) is 6.21. The number of fused-ring (bicyclic) bond motifs is 1. The van der Waals surface area contributed by atoms with Crippen molar-refractivity contribution in [3.8, 4) is 11.5 Å². The lowest BCUT2D eigenvalue weighted by atomic mass is 10.1. The van der Waals surface area contributed by atoms with Gasteiger partial charge in [-0.15, -0.1) is 0 Å². The van der Waals surface area contributed by atoms with Crippen molar-refractivity contribution >= 4 is 21.6 Å². The van der Waals surface area contributed by atoms with Gasteiger partial charge < -0.3 is 14.8 Å². The number of aryl methyl sites for hydroxylation is 1. The number of sulfonamides is 1. The summed E-state index contributed by atoms with van der Waals surface area (Å²) in [4.78, 5) is 12.0. The van der Waals surface area contributed by atoms with E-state index in [-0.39, 0.29) is 25.8 Å². The van der Waals surface area contributed by atoms with Gasteiger partial charge in [-0.25, -0.2) is 8.42 Å². The van der Waals surface area contributed by atoms with Crippen molar-refractivity contribution in [2.45, 2.75) is 12.8 Å². The van der Waals surface area contributed by atoms with Crippen LogP contribution >= 0.6 is 0 Å². The molecule has 0 aromatic heterocycles. The lowest BCUT2D eigenvalue weighted by molar-refractivity contribution is -0.120. The van der Waals surface area contributed by atoms with Gasteiger partial charge in [0.15, 0.2) is 11.5 Å². The van der Waals surface area contributed by atoms with E-state index < -0.39 is 10.0 Å². The number of nitrogens with one attached hydrogen (secondary N) is 1. The molecule has 7 nitrogen and oxygen atoms in total. The Balaban J connectivity index is 1.55. The minimum Gasteiger partial charge on any atom is -0.454 e. The van der Waals surface area contributed by atoms with Crippen LogP contribution in [0.3, 0.4) is 0 Å². The third-order valence-corrected chi connectivity index (χ3v) is 5.36. The van der Waals surface area contributed by atoms with Gasteiger partial charge in [-0.1, -0.05) is 30.3 Å². The molecular formula is C19H22N2O5S. The number of hydrogen-bond donors (Lipinski definition) is 1. The number of carbonyl (C=O) groups excluding carboxylic acids is 1. The second-order valence-corrected chi connectivity index (χ2v) is 8.12. The predicted molar refractivity (Wildman–Crippen MR) is 103 cm³/mol. The smallest absolute Gasteiger partial charge is 0.232 e. The molecule has 1 heterocycles. The van der Waals surface area contributed by atoms with Gasteiger partial charge in [-0.05, 0) is 24.1 Å². The standard InChI is InChI=1S/C19H22N2O5S/c1-27(23,24)21(16-8-9-17-18(13-16)26-14-25-17)12-11-20-19(22)10-7-15-5-3-2-4-6-15/h2-6,8-9,13H,7,10-12,14H2,1H3,(H,20,22). The number of hydrogen-bond acceptors (Lipinski definition) is 5. The summed E-state index contributed by atoms with van der Waals surface area (Å²) >= 11 is 0. The van der Waals surface area contributed by atoms with Crippen molar-refractivity contribution in [2.75, 3.05) is 30.4 Å². The van der Waals surface area contributed by atoms with Gasteiger partial charge in [-0.2, -0.15) is 0 Å². The van der Waals surface area contributed by atoms with E-state index in [2.05, 4.69) is 5.32 Å². The Morgan fingerprint density at radius 2 is 1.85 bits per heavy atom. The average Bonchev–Trinajstić information content (AvgIpc) is 3.11. The molecule has 1 N–H and O–H groups in total. The van der Waals surface area contributed by atoms with E-state index in [0.717, 1.165) is 11.8 Å². The number of anilines is 1. The molecule has 0 radical (unpaired) electrons. The molecule has 8 heteroatoms. The summed E-state index contributed by atoms with van der Waals surface area (Å²) in [6.07, 6.45) is 2.13. The molecule has 0 saturated carbocycles. The van der Waals surface area contributed by atoms with E-state index in [4.69, 9.17) is 9.47 Å². The third-order valence-electron chi connectivity index (χ3n) is 4.17. The van der Waals surface area contributed by atoms with E-state index in [0.29, 0.717) is 30.0 Å². The maximum absolute atomic E-state index is 12.2. The van der Waals surface area contributed by atoms with Crippen LogP contribution in [0.2, 0.25) is 0 Å². The Labute approximate surface area is 158 Å². The van der Waals surface area contributed by atoms with Crippen molar-refractivity contribution < 1.29 is 22.7 Å². The van der Waals surface area contributed by atoms with Crippen molar-refractivity contribution in [2.24, 2.45) is 0 Å². The molecule has 0 fully saturated rings. The predicted octanol–water partition coefficient (Wildman–Crippen LogP) is 1.93. The monoisotopic (exact) mass is 390 g/mol. The summed E-state index contributed by atoms with van der Waals surface area (Å²) in [6.45, 7) is 0.472. The molecule has 2 aromatic carbocycles. The summed E-state index contributed by atoms with van der Waals surface area (Å²) in [5.74, 6) is 0.979. The highest BCUT2D eigenvalue weighted by molar-refractivity contribution is 7.92. The zero-order chi connectivity index (χ0) is 19.3. The van der Waals surface area contributed by atoms with Gasteiger partial charge in [0.1, 0.15) is 0 Å². The molecule has 3 rings (SSSR count). The quantitative estimate of drug-likeness (QED) is 0.745. The lowest BCUT2D eigenvalue weighted by Crippen LogP contribution is -2.38. The van der Waals surface area contributed by atoms with Crippen molar-refractivity contribution in [3.05, 3.63) is 54.1 Å². The topological polar surface area (TPSA) is 84.9 Å². The van der Waals surface area contributed by atoms with Crippen LogP contribution in [0.25, 0.3) is 0 Å². The number of ether oxygens (including phenoxy) is 2. The van der Waals surface area contributed by atoms with Crippen LogP contribution in [-0.2, 0) is 21.2 Å². The summed E-state index contributed by atoms with van der Waals surface area (Å²) < 4.78 is 36.1. The summed E-state index contributed by atoms with van der Waals surface area (Å²) in [7, 11) is -3.50. The van der Waals surface area contributed by atoms with Gasteiger partial charge in [0.25, 0.3) is 0 Å². The van der Waals surface area contributed by atoms with E-state index in [1.54, 1.807) is 18.2 Å². The normalized spacial score (nSPS) is 12.6. The molecule has 0 unspecified atom stereocenters. The third kappa shape index (κ3) is 5.13. The van der Waals surface area contributed by atoms with Crippen LogP contribution in [0.5, 0.6) is 11.5 Å². The van der Waals surface area contributed by atoms with Crippen molar-refractivity contribution in [1.29, 1.82) is 0 Å². The molecule has 0 spiro atoms. The molecule has 0 atom stereocenters. The Kier molecular flexibility index (Phi) is 5.85. The molecule has 2 aromatic rings. The van der Waals surface area contributed by atoms with Crippen LogP contribution in [-0.4, -0.2) is 40.5 Å². The first-order valence-electron chi connectivity index (χ1n) is 8.61. The van der Waals surface area contributed by atoms with E-state index in [1.807, 2.05) is 30.3 Å². The van der Waals surface area contributed by atoms with E-state index in [9.17, 15) is 13.2 Å². The van der Waals surface area contributed by atoms with Crippen LogP contribution in [0.15, 0.2) is 48.5 Å². The summed E-state index contributed by atoms with van der Waals surface area (Å²) in [5, 5.41) is 2.78. The first-order chi connectivity index (χ1) is 12.9. The molecule has 0 aliphatic carbocycles. The number of amides is 1. The Hall–Kier alpha value is -2.74. The van der Waals surface area contributed by atoms with Crippen LogP contribution in [0, 0.1) is 0 Å². The summed E-state index contributed by atoms with van der Waals surface area (Å²) in [6, 6.07) is 14.7. The van der Waals surface area contributed by atoms with Crippen LogP contribution in [0.4, 0.5) is 5.69 Å². The fourth-order valence-corrected chi connectivity index (χ4v) is 3.73. The molecule has 0 bridgehead atoms. The van der Waals surface area contributed by atoms with Crippen molar-refractivity contribution in [1.82, 2.24) is 5.32 Å². The highest BCUT2D eigenvalue weighted by Gasteiger charge is 2.21. The Bertz CT molecular complexity index is 900. The van der Waals surface area contributed by atoms with Gasteiger partial charge in [-0.3, -0.25) is 9.10 Å². The first kappa shape index (κ1) is 19.0. The molecular weight excluding hydrogens is 368 g/mol. The number of nitrogens with zero attached hydrogens (tertiary/aromatic N) is 1. The molecule has 1 aliphatic rings. The minimum absolute atomic E-state index is 0.113. The Morgan fingerprint density at radius 1 is 1.11 bits per heavy atom. The van der Waals surface area contributed by atoms with Crippen LogP contribution < -0.4 is 19.1 Å². The van der Waals surface area contributed by atoms with Gasteiger partial charge in [0, 0.05) is 19.0 Å². The molecule has 1 amide bonds. The summed E-state index contributed by atoms with van der Waals surface area (Å²) in [5.41, 5.74) is 1.56. The van der Waals surface area contributed by atoms with Gasteiger partial charge in [0.05, 0.1) is 18.5 Å². The van der Waals surface area contributed by atoms with Gasteiger partial charge >= 0.3 is 0 Å². The minimum atomic E-state index is -3.50.